The maximum absolute atomic E-state index is 11.6. The molecule has 0 aromatic heterocycles. The number of allylic oxidation sites excluding steroid dienone is 1. The fraction of sp³-hybridized carbons (Fsp3) is 0.810. The Morgan fingerprint density at radius 3 is 1.68 bits per heavy atom. The lowest BCUT2D eigenvalue weighted by Crippen LogP contribution is -2.30. The van der Waals surface area contributed by atoms with Gasteiger partial charge in [-0.2, -0.15) is 0 Å². The third-order valence-corrected chi connectivity index (χ3v) is 4.48. The molecule has 25 heavy (non-hydrogen) atoms. The van der Waals surface area contributed by atoms with E-state index in [2.05, 4.69) is 6.92 Å². The van der Waals surface area contributed by atoms with Crippen molar-refractivity contribution in [3.63, 3.8) is 0 Å². The summed E-state index contributed by atoms with van der Waals surface area (Å²) in [6, 6.07) is 0. The molecule has 4 nitrogen and oxygen atoms in total. The molecule has 0 rings (SSSR count). The summed E-state index contributed by atoms with van der Waals surface area (Å²) in [7, 11) is 1.51. The molecule has 0 aromatic carbocycles. The van der Waals surface area contributed by atoms with Crippen LogP contribution in [0.4, 0.5) is 0 Å². The molecule has 1 N–H and O–H groups in total. The molecule has 0 atom stereocenters. The zero-order chi connectivity index (χ0) is 18.8. The Kier molecular flexibility index (Phi) is 16.6. The number of hydrogen-bond donors (Lipinski definition) is 1. The summed E-state index contributed by atoms with van der Waals surface area (Å²) in [4.78, 5) is 23.3. The molecule has 0 saturated heterocycles. The van der Waals surface area contributed by atoms with Crippen LogP contribution in [0.15, 0.2) is 12.2 Å². The van der Waals surface area contributed by atoms with E-state index >= 15 is 0 Å². The highest BCUT2D eigenvalue weighted by Gasteiger charge is 2.07. The van der Waals surface area contributed by atoms with Crippen molar-refractivity contribution < 1.29 is 14.7 Å². The first kappa shape index (κ1) is 23.7. The van der Waals surface area contributed by atoms with Crippen LogP contribution in [0, 0.1) is 0 Å². The molecular formula is C21H39NO3. The average Bonchev–Trinajstić information content (AvgIpc) is 2.57. The second kappa shape index (κ2) is 17.5. The first-order valence-electron chi connectivity index (χ1n) is 10.2. The van der Waals surface area contributed by atoms with E-state index in [-0.39, 0.29) is 12.5 Å². The third kappa shape index (κ3) is 17.3. The van der Waals surface area contributed by atoms with Crippen LogP contribution < -0.4 is 0 Å². The monoisotopic (exact) mass is 353 g/mol. The molecule has 0 aliphatic heterocycles. The van der Waals surface area contributed by atoms with E-state index in [9.17, 15) is 9.59 Å². The summed E-state index contributed by atoms with van der Waals surface area (Å²) in [5.41, 5.74) is 0. The summed E-state index contributed by atoms with van der Waals surface area (Å²) in [6.07, 6.45) is 21.6. The summed E-state index contributed by atoms with van der Waals surface area (Å²) in [5.74, 6) is -1.22. The van der Waals surface area contributed by atoms with Crippen LogP contribution in [0.3, 0.4) is 0 Å². The number of rotatable bonds is 17. The van der Waals surface area contributed by atoms with Crippen LogP contribution in [0.5, 0.6) is 0 Å². The van der Waals surface area contributed by atoms with E-state index in [1.54, 1.807) is 0 Å². The summed E-state index contributed by atoms with van der Waals surface area (Å²) in [5, 5.41) is 8.62. The second-order valence-electron chi connectivity index (χ2n) is 7.02. The normalized spacial score (nSPS) is 11.1. The molecular weight excluding hydrogens is 314 g/mol. The number of hydrogen-bond acceptors (Lipinski definition) is 2. The molecule has 0 heterocycles. The molecule has 0 aliphatic rings. The van der Waals surface area contributed by atoms with Crippen LogP contribution in [0.1, 0.15) is 96.8 Å². The van der Waals surface area contributed by atoms with E-state index in [1.807, 2.05) is 6.08 Å². The van der Waals surface area contributed by atoms with Crippen molar-refractivity contribution in [1.82, 2.24) is 4.90 Å². The van der Waals surface area contributed by atoms with Crippen molar-refractivity contribution in [3.8, 4) is 0 Å². The zero-order valence-corrected chi connectivity index (χ0v) is 16.5. The molecule has 0 radical (unpaired) electrons. The van der Waals surface area contributed by atoms with E-state index in [4.69, 9.17) is 5.11 Å². The lowest BCUT2D eigenvalue weighted by atomic mass is 10.0. The predicted molar refractivity (Wildman–Crippen MR) is 105 cm³/mol. The van der Waals surface area contributed by atoms with Crippen molar-refractivity contribution in [2.75, 3.05) is 13.6 Å². The Labute approximate surface area is 154 Å². The van der Waals surface area contributed by atoms with Gasteiger partial charge < -0.3 is 10.0 Å². The molecule has 0 aromatic rings. The Bertz CT molecular complexity index is 366. The number of carbonyl (C=O) groups is 2. The van der Waals surface area contributed by atoms with E-state index in [0.717, 1.165) is 12.8 Å². The van der Waals surface area contributed by atoms with E-state index < -0.39 is 5.97 Å². The topological polar surface area (TPSA) is 57.6 Å². The number of unbranched alkanes of at least 4 members (excludes halogenated alkanes) is 13. The molecule has 0 saturated carbocycles. The fourth-order valence-electron chi connectivity index (χ4n) is 2.87. The van der Waals surface area contributed by atoms with E-state index in [1.165, 1.54) is 95.1 Å². The van der Waals surface area contributed by atoms with Gasteiger partial charge in [0.05, 0.1) is 0 Å². The van der Waals surface area contributed by atoms with Crippen molar-refractivity contribution in [1.29, 1.82) is 0 Å². The average molecular weight is 354 g/mol. The van der Waals surface area contributed by atoms with Crippen LogP contribution in [0.2, 0.25) is 0 Å². The van der Waals surface area contributed by atoms with Gasteiger partial charge in [0.15, 0.2) is 0 Å². The van der Waals surface area contributed by atoms with Gasteiger partial charge in [0.2, 0.25) is 5.91 Å². The first-order valence-corrected chi connectivity index (χ1v) is 10.2. The highest BCUT2D eigenvalue weighted by molar-refractivity contribution is 5.89. The van der Waals surface area contributed by atoms with Gasteiger partial charge in [0, 0.05) is 7.05 Å². The maximum atomic E-state index is 11.6. The number of carbonyl (C=O) groups excluding carboxylic acids is 1. The summed E-state index contributed by atoms with van der Waals surface area (Å²) >= 11 is 0. The Morgan fingerprint density at radius 2 is 1.24 bits per heavy atom. The number of likely N-dealkylation sites (N-methyl/N-ethyl adjacent to an activating group) is 1. The zero-order valence-electron chi connectivity index (χ0n) is 16.5. The van der Waals surface area contributed by atoms with Gasteiger partial charge >= 0.3 is 5.97 Å². The molecule has 1 amide bonds. The van der Waals surface area contributed by atoms with Gasteiger partial charge in [-0.25, -0.2) is 0 Å². The number of carboxylic acids is 1. The lowest BCUT2D eigenvalue weighted by Gasteiger charge is -2.11. The Hall–Kier alpha value is -1.32. The Balaban J connectivity index is 3.32. The van der Waals surface area contributed by atoms with Gasteiger partial charge in [-0.05, 0) is 18.9 Å². The van der Waals surface area contributed by atoms with Crippen LogP contribution in [-0.4, -0.2) is 35.5 Å². The van der Waals surface area contributed by atoms with Crippen molar-refractivity contribution in [2.45, 2.75) is 96.8 Å². The van der Waals surface area contributed by atoms with Gasteiger partial charge in [0.25, 0.3) is 0 Å². The highest BCUT2D eigenvalue weighted by atomic mass is 16.4. The van der Waals surface area contributed by atoms with Crippen molar-refractivity contribution in [2.24, 2.45) is 0 Å². The van der Waals surface area contributed by atoms with Gasteiger partial charge in [0.1, 0.15) is 6.54 Å². The number of nitrogens with zero attached hydrogens (tertiary/aromatic N) is 1. The molecule has 4 heteroatoms. The molecule has 0 bridgehead atoms. The third-order valence-electron chi connectivity index (χ3n) is 4.48. The highest BCUT2D eigenvalue weighted by Crippen LogP contribution is 2.13. The minimum absolute atomic E-state index is 0.239. The number of carboxylic acid groups (broad SMARTS) is 1. The predicted octanol–water partition coefficient (Wildman–Crippen LogP) is 5.57. The first-order chi connectivity index (χ1) is 12.1. The largest absolute Gasteiger partial charge is 0.480 e. The van der Waals surface area contributed by atoms with Gasteiger partial charge in [-0.15, -0.1) is 0 Å². The standard InChI is InChI=1S/C21H39NO3/c1-3-4-5-6-7-8-9-10-11-12-13-14-15-16-17-18-20(23)22(2)19-21(24)25/h17-18H,3-16,19H2,1-2H3,(H,24,25)/b18-17-. The quantitative estimate of drug-likeness (QED) is 0.275. The smallest absolute Gasteiger partial charge is 0.323 e. The second-order valence-corrected chi connectivity index (χ2v) is 7.02. The minimum atomic E-state index is -0.985. The molecule has 146 valence electrons. The van der Waals surface area contributed by atoms with Crippen LogP contribution >= 0.6 is 0 Å². The lowest BCUT2D eigenvalue weighted by molar-refractivity contribution is -0.141. The fourth-order valence-corrected chi connectivity index (χ4v) is 2.87. The summed E-state index contributed by atoms with van der Waals surface area (Å²) < 4.78 is 0. The molecule has 0 unspecified atom stereocenters. The summed E-state index contributed by atoms with van der Waals surface area (Å²) in [6.45, 7) is 2.01. The van der Waals surface area contributed by atoms with Crippen LogP contribution in [-0.2, 0) is 9.59 Å². The minimum Gasteiger partial charge on any atom is -0.480 e. The van der Waals surface area contributed by atoms with E-state index in [0.29, 0.717) is 0 Å². The molecule has 0 aliphatic carbocycles. The maximum Gasteiger partial charge on any atom is 0.323 e. The Morgan fingerprint density at radius 1 is 0.800 bits per heavy atom. The van der Waals surface area contributed by atoms with Gasteiger partial charge in [-0.3, -0.25) is 9.59 Å². The SMILES string of the molecule is CCCCCCCCCCCCCCC/C=C\C(=O)N(C)CC(=O)O. The van der Waals surface area contributed by atoms with Crippen LogP contribution in [0.25, 0.3) is 0 Å². The van der Waals surface area contributed by atoms with Crippen molar-refractivity contribution >= 4 is 11.9 Å². The molecule has 0 fully saturated rings. The van der Waals surface area contributed by atoms with Crippen molar-refractivity contribution in [3.05, 3.63) is 12.2 Å². The van der Waals surface area contributed by atoms with Gasteiger partial charge in [-0.1, -0.05) is 90.0 Å². The molecule has 0 spiro atoms. The number of amides is 1. The number of aliphatic carboxylic acids is 1.